The summed E-state index contributed by atoms with van der Waals surface area (Å²) >= 11 is 0. The lowest BCUT2D eigenvalue weighted by molar-refractivity contribution is -0.131. The van der Waals surface area contributed by atoms with Gasteiger partial charge in [0, 0.05) is 19.2 Å². The number of carbonyl (C=O) groups excluding carboxylic acids is 1. The smallest absolute Gasteiger partial charge is 0.228 e. The zero-order valence-corrected chi connectivity index (χ0v) is 15.7. The number of rotatable bonds is 6. The quantitative estimate of drug-likeness (QED) is 0.794. The average Bonchev–Trinajstić information content (AvgIpc) is 3.06. The Bertz CT molecular complexity index is 748. The van der Waals surface area contributed by atoms with Crippen molar-refractivity contribution in [2.75, 3.05) is 27.3 Å². The Morgan fingerprint density at radius 2 is 1.92 bits per heavy atom. The predicted octanol–water partition coefficient (Wildman–Crippen LogP) is 3.02. The summed E-state index contributed by atoms with van der Waals surface area (Å²) in [5.74, 6) is 2.95. The highest BCUT2D eigenvalue weighted by atomic mass is 16.5. The molecule has 0 unspecified atom stereocenters. The lowest BCUT2D eigenvalue weighted by Crippen LogP contribution is -2.39. The van der Waals surface area contributed by atoms with E-state index in [9.17, 15) is 4.79 Å². The lowest BCUT2D eigenvalue weighted by atomic mass is 9.90. The second kappa shape index (κ2) is 8.25. The molecule has 1 aliphatic rings. The molecule has 0 spiro atoms. The van der Waals surface area contributed by atoms with Crippen molar-refractivity contribution in [2.24, 2.45) is 5.92 Å². The summed E-state index contributed by atoms with van der Waals surface area (Å²) in [6, 6.07) is 7.91. The number of piperidine rings is 1. The van der Waals surface area contributed by atoms with Crippen LogP contribution in [-0.2, 0) is 17.6 Å². The van der Waals surface area contributed by atoms with Crippen molar-refractivity contribution in [3.8, 4) is 11.5 Å². The van der Waals surface area contributed by atoms with Gasteiger partial charge in [0.05, 0.1) is 26.3 Å². The monoisotopic (exact) mass is 358 g/mol. The molecule has 0 atom stereocenters. The number of aromatic nitrogens is 1. The molecule has 1 saturated heterocycles. The van der Waals surface area contributed by atoms with Crippen molar-refractivity contribution in [3.05, 3.63) is 41.3 Å². The van der Waals surface area contributed by atoms with E-state index in [0.29, 0.717) is 18.0 Å². The Labute approximate surface area is 154 Å². The third-order valence-electron chi connectivity index (χ3n) is 4.95. The highest BCUT2D eigenvalue weighted by molar-refractivity contribution is 5.78. The molecule has 0 N–H and O–H groups in total. The Kier molecular flexibility index (Phi) is 5.81. The van der Waals surface area contributed by atoms with Crippen molar-refractivity contribution in [1.29, 1.82) is 0 Å². The number of aryl methyl sites for hydroxylation is 1. The summed E-state index contributed by atoms with van der Waals surface area (Å²) < 4.78 is 15.7. The fraction of sp³-hybridized carbons (Fsp3) is 0.500. The number of carbonyl (C=O) groups is 1. The van der Waals surface area contributed by atoms with Gasteiger partial charge in [-0.2, -0.15) is 0 Å². The summed E-state index contributed by atoms with van der Waals surface area (Å²) in [4.78, 5) is 14.3. The highest BCUT2D eigenvalue weighted by Crippen LogP contribution is 2.30. The maximum atomic E-state index is 12.4. The molecule has 0 bridgehead atoms. The molecule has 0 aliphatic carbocycles. The lowest BCUT2D eigenvalue weighted by Gasteiger charge is -2.32. The minimum atomic E-state index is 0.128. The van der Waals surface area contributed by atoms with Gasteiger partial charge in [0.1, 0.15) is 5.76 Å². The molecule has 6 heteroatoms. The molecule has 2 aromatic rings. The van der Waals surface area contributed by atoms with Gasteiger partial charge in [-0.1, -0.05) is 11.2 Å². The van der Waals surface area contributed by atoms with Crippen LogP contribution in [0.1, 0.15) is 29.9 Å². The van der Waals surface area contributed by atoms with E-state index >= 15 is 0 Å². The Morgan fingerprint density at radius 3 is 2.54 bits per heavy atom. The van der Waals surface area contributed by atoms with Gasteiger partial charge in [0.25, 0.3) is 0 Å². The number of methoxy groups -OCH3 is 2. The van der Waals surface area contributed by atoms with Gasteiger partial charge in [0.15, 0.2) is 11.5 Å². The number of nitrogens with zero attached hydrogens (tertiary/aromatic N) is 2. The van der Waals surface area contributed by atoms with Crippen LogP contribution in [0.15, 0.2) is 28.8 Å². The molecule has 1 fully saturated rings. The van der Waals surface area contributed by atoms with Gasteiger partial charge in [-0.15, -0.1) is 0 Å². The van der Waals surface area contributed by atoms with Gasteiger partial charge in [-0.25, -0.2) is 0 Å². The third kappa shape index (κ3) is 4.36. The van der Waals surface area contributed by atoms with Crippen LogP contribution in [0.25, 0.3) is 0 Å². The molecule has 6 nitrogen and oxygen atoms in total. The molecule has 3 rings (SSSR count). The zero-order valence-electron chi connectivity index (χ0n) is 15.7. The van der Waals surface area contributed by atoms with E-state index in [-0.39, 0.29) is 5.91 Å². The zero-order chi connectivity index (χ0) is 18.5. The van der Waals surface area contributed by atoms with Crippen LogP contribution in [0.3, 0.4) is 0 Å². The van der Waals surface area contributed by atoms with Crippen LogP contribution in [0, 0.1) is 12.8 Å². The first-order valence-electron chi connectivity index (χ1n) is 9.00. The molecular formula is C20H26N2O4. The molecule has 0 radical (unpaired) electrons. The van der Waals surface area contributed by atoms with E-state index in [4.69, 9.17) is 14.0 Å². The Morgan fingerprint density at radius 1 is 1.19 bits per heavy atom. The maximum absolute atomic E-state index is 12.4. The molecule has 0 saturated carbocycles. The molecule has 1 aromatic heterocycles. The van der Waals surface area contributed by atoms with Crippen molar-refractivity contribution in [1.82, 2.24) is 10.1 Å². The van der Waals surface area contributed by atoms with E-state index in [1.54, 1.807) is 14.2 Å². The first-order chi connectivity index (χ1) is 12.6. The topological polar surface area (TPSA) is 64.8 Å². The van der Waals surface area contributed by atoms with Crippen molar-refractivity contribution >= 4 is 5.91 Å². The molecular weight excluding hydrogens is 332 g/mol. The van der Waals surface area contributed by atoms with E-state index < -0.39 is 0 Å². The van der Waals surface area contributed by atoms with Gasteiger partial charge in [0.2, 0.25) is 5.91 Å². The summed E-state index contributed by atoms with van der Waals surface area (Å²) in [6.07, 6.45) is 3.33. The summed E-state index contributed by atoms with van der Waals surface area (Å²) in [7, 11) is 3.30. The van der Waals surface area contributed by atoms with E-state index in [1.807, 2.05) is 30.0 Å². The predicted molar refractivity (Wildman–Crippen MR) is 97.5 cm³/mol. The van der Waals surface area contributed by atoms with Gasteiger partial charge >= 0.3 is 0 Å². The normalized spacial score (nSPS) is 15.1. The summed E-state index contributed by atoms with van der Waals surface area (Å²) in [6.45, 7) is 3.43. The first-order valence-corrected chi connectivity index (χ1v) is 9.00. The molecule has 1 aliphatic heterocycles. The molecule has 1 amide bonds. The number of benzene rings is 1. The minimum Gasteiger partial charge on any atom is -0.493 e. The van der Waals surface area contributed by atoms with Crippen LogP contribution in [0.2, 0.25) is 0 Å². The van der Waals surface area contributed by atoms with Crippen molar-refractivity contribution < 1.29 is 18.8 Å². The SMILES string of the molecule is COc1ccc(CC2CCN(C(=O)Cc3cc(C)on3)CC2)cc1OC. The first kappa shape index (κ1) is 18.3. The summed E-state index contributed by atoms with van der Waals surface area (Å²) in [5, 5.41) is 3.91. The largest absolute Gasteiger partial charge is 0.493 e. The average molecular weight is 358 g/mol. The maximum Gasteiger partial charge on any atom is 0.228 e. The van der Waals surface area contributed by atoms with Crippen LogP contribution < -0.4 is 9.47 Å². The molecule has 26 heavy (non-hydrogen) atoms. The second-order valence-electron chi connectivity index (χ2n) is 6.82. The van der Waals surface area contributed by atoms with Crippen molar-refractivity contribution in [2.45, 2.75) is 32.6 Å². The fourth-order valence-electron chi connectivity index (χ4n) is 3.50. The molecule has 140 valence electrons. The van der Waals surface area contributed by atoms with Crippen LogP contribution in [0.4, 0.5) is 0 Å². The number of likely N-dealkylation sites (tertiary alicyclic amines) is 1. The number of hydrogen-bond donors (Lipinski definition) is 0. The van der Waals surface area contributed by atoms with Gasteiger partial charge in [-0.05, 0) is 49.8 Å². The minimum absolute atomic E-state index is 0.128. The second-order valence-corrected chi connectivity index (χ2v) is 6.82. The van der Waals surface area contributed by atoms with Crippen LogP contribution in [-0.4, -0.2) is 43.3 Å². The Balaban J connectivity index is 1.51. The van der Waals surface area contributed by atoms with E-state index in [1.165, 1.54) is 5.56 Å². The standard InChI is InChI=1S/C20H26N2O4/c1-14-10-17(21-26-14)13-20(23)22-8-6-15(7-9-22)11-16-4-5-18(24-2)19(12-16)25-3/h4-5,10,12,15H,6-9,11,13H2,1-3H3. The van der Waals surface area contributed by atoms with Crippen LogP contribution >= 0.6 is 0 Å². The van der Waals surface area contributed by atoms with Crippen molar-refractivity contribution in [3.63, 3.8) is 0 Å². The number of ether oxygens (including phenoxy) is 2. The van der Waals surface area contributed by atoms with Gasteiger partial charge < -0.3 is 18.9 Å². The van der Waals surface area contributed by atoms with E-state index in [0.717, 1.165) is 49.6 Å². The van der Waals surface area contributed by atoms with E-state index in [2.05, 4.69) is 11.2 Å². The van der Waals surface area contributed by atoms with Crippen LogP contribution in [0.5, 0.6) is 11.5 Å². The Hall–Kier alpha value is -2.50. The summed E-state index contributed by atoms with van der Waals surface area (Å²) in [5.41, 5.74) is 1.95. The van der Waals surface area contributed by atoms with Gasteiger partial charge in [-0.3, -0.25) is 4.79 Å². The number of hydrogen-bond acceptors (Lipinski definition) is 5. The third-order valence-corrected chi connectivity index (χ3v) is 4.95. The highest BCUT2D eigenvalue weighted by Gasteiger charge is 2.24. The number of amides is 1. The fourth-order valence-corrected chi connectivity index (χ4v) is 3.50. The molecule has 2 heterocycles. The molecule has 1 aromatic carbocycles.